The molecule has 0 aromatic carbocycles. The molecule has 1 aromatic rings. The third kappa shape index (κ3) is 5.23. The molecule has 2 rings (SSSR count). The van der Waals surface area contributed by atoms with Gasteiger partial charge in [0, 0.05) is 24.9 Å². The average molecular weight is 382 g/mol. The molecule has 1 aliphatic heterocycles. The maximum atomic E-state index is 12.3. The van der Waals surface area contributed by atoms with E-state index in [2.05, 4.69) is 27.4 Å². The summed E-state index contributed by atoms with van der Waals surface area (Å²) in [5, 5.41) is 10.6. The summed E-state index contributed by atoms with van der Waals surface area (Å²) >= 11 is 5.47. The summed E-state index contributed by atoms with van der Waals surface area (Å²) in [5.74, 6) is 0.533. The topological polar surface area (TPSA) is 67.6 Å². The number of carbonyl (C=O) groups is 1. The van der Waals surface area contributed by atoms with Crippen molar-refractivity contribution in [3.05, 3.63) is 11.5 Å². The number of piperazine rings is 1. The smallest absolute Gasteiger partial charge is 0.257 e. The molecule has 0 atom stereocenters. The van der Waals surface area contributed by atoms with Gasteiger partial charge in [-0.3, -0.25) is 9.69 Å². The van der Waals surface area contributed by atoms with Gasteiger partial charge in [-0.1, -0.05) is 46.5 Å². The van der Waals surface area contributed by atoms with E-state index in [1.54, 1.807) is 11.0 Å². The van der Waals surface area contributed by atoms with Gasteiger partial charge in [0.05, 0.1) is 17.9 Å². The van der Waals surface area contributed by atoms with E-state index in [-0.39, 0.29) is 11.2 Å². The van der Waals surface area contributed by atoms with Gasteiger partial charge in [0.25, 0.3) is 6.20 Å². The Morgan fingerprint density at radius 1 is 1.27 bits per heavy atom. The van der Waals surface area contributed by atoms with Crippen molar-refractivity contribution in [2.45, 2.75) is 48.0 Å². The van der Waals surface area contributed by atoms with Crippen molar-refractivity contribution in [1.29, 1.82) is 0 Å². The van der Waals surface area contributed by atoms with E-state index in [1.165, 1.54) is 0 Å². The van der Waals surface area contributed by atoms with Gasteiger partial charge in [-0.2, -0.15) is 5.01 Å². The summed E-state index contributed by atoms with van der Waals surface area (Å²) in [6.07, 6.45) is 2.10. The van der Waals surface area contributed by atoms with Crippen LogP contribution in [-0.2, 0) is 4.79 Å². The number of aromatic nitrogens is 2. The van der Waals surface area contributed by atoms with E-state index in [1.807, 2.05) is 34.6 Å². The van der Waals surface area contributed by atoms with Crippen molar-refractivity contribution in [1.82, 2.24) is 10.2 Å². The highest BCUT2D eigenvalue weighted by Gasteiger charge is 2.30. The zero-order valence-corrected chi connectivity index (χ0v) is 17.6. The molecule has 2 heterocycles. The fraction of sp³-hybridized carbons (Fsp3) is 0.778. The van der Waals surface area contributed by atoms with Crippen molar-refractivity contribution in [3.8, 4) is 0 Å². The van der Waals surface area contributed by atoms with Gasteiger partial charge in [0.15, 0.2) is 0 Å². The summed E-state index contributed by atoms with van der Waals surface area (Å²) in [7, 11) is 0. The van der Waals surface area contributed by atoms with E-state index >= 15 is 0 Å². The molecule has 0 N–H and O–H groups in total. The first kappa shape index (κ1) is 20.8. The van der Waals surface area contributed by atoms with Crippen LogP contribution in [0.25, 0.3) is 5.32 Å². The molecular formula is C18H31N5O2S. The van der Waals surface area contributed by atoms with Crippen LogP contribution in [-0.4, -0.2) is 53.7 Å². The fourth-order valence-electron chi connectivity index (χ4n) is 2.66. The summed E-state index contributed by atoms with van der Waals surface area (Å²) in [5.41, 5.74) is -0.896. The molecule has 146 valence electrons. The van der Waals surface area contributed by atoms with Crippen molar-refractivity contribution in [3.63, 3.8) is 0 Å². The van der Waals surface area contributed by atoms with Crippen LogP contribution in [0.15, 0.2) is 10.7 Å². The lowest BCUT2D eigenvalue weighted by Crippen LogP contribution is -2.65. The summed E-state index contributed by atoms with van der Waals surface area (Å²) in [6, 6.07) is 0. The van der Waals surface area contributed by atoms with Gasteiger partial charge >= 0.3 is 0 Å². The van der Waals surface area contributed by atoms with Gasteiger partial charge in [-0.05, 0) is 12.0 Å². The van der Waals surface area contributed by atoms with Crippen LogP contribution in [0.5, 0.6) is 0 Å². The highest BCUT2D eigenvalue weighted by Crippen LogP contribution is 2.33. The van der Waals surface area contributed by atoms with Gasteiger partial charge in [0.2, 0.25) is 5.27 Å². The fourth-order valence-corrected chi connectivity index (χ4v) is 2.83. The van der Waals surface area contributed by atoms with Crippen molar-refractivity contribution in [2.75, 3.05) is 37.7 Å². The van der Waals surface area contributed by atoms with Gasteiger partial charge < -0.3 is 9.84 Å². The summed E-state index contributed by atoms with van der Waals surface area (Å²) < 4.78 is 5.33. The number of thiocarbonyl (C=S) groups is 1. The predicted octanol–water partition coefficient (Wildman–Crippen LogP) is 2.60. The van der Waals surface area contributed by atoms with Gasteiger partial charge in [-0.25, -0.2) is 0 Å². The van der Waals surface area contributed by atoms with Gasteiger partial charge in [0.1, 0.15) is 11.7 Å². The molecule has 0 saturated carbocycles. The third-order valence-corrected chi connectivity index (χ3v) is 5.40. The zero-order chi connectivity index (χ0) is 19.5. The first-order valence-corrected chi connectivity index (χ1v) is 9.59. The minimum absolute atomic E-state index is 0.168. The Kier molecular flexibility index (Phi) is 6.39. The average Bonchev–Trinajstić information content (AvgIpc) is 3.02. The molecule has 7 nitrogen and oxygen atoms in total. The van der Waals surface area contributed by atoms with Crippen LogP contribution in [0, 0.1) is 10.8 Å². The second kappa shape index (κ2) is 8.00. The highest BCUT2D eigenvalue weighted by atomic mass is 32.1. The first-order chi connectivity index (χ1) is 12.0. The van der Waals surface area contributed by atoms with Crippen LogP contribution in [0.1, 0.15) is 48.0 Å². The largest absolute Gasteiger partial charge is 0.613 e. The Hall–Kier alpha value is -1.54. The normalized spacial score (nSPS) is 16.6. The van der Waals surface area contributed by atoms with Crippen LogP contribution in [0.2, 0.25) is 0 Å². The number of Topliss-reactive ketones (excluding diaryl/α,β-unsaturated/α-hetero) is 1. The lowest BCUT2D eigenvalue weighted by atomic mass is 9.79. The highest BCUT2D eigenvalue weighted by molar-refractivity contribution is 7.80. The minimum atomic E-state index is -0.510. The molecule has 26 heavy (non-hydrogen) atoms. The Bertz CT molecular complexity index is 642. The van der Waals surface area contributed by atoms with E-state index in [0.717, 1.165) is 32.7 Å². The monoisotopic (exact) mass is 381 g/mol. The van der Waals surface area contributed by atoms with Crippen LogP contribution < -0.4 is 9.80 Å². The molecule has 1 aromatic heterocycles. The number of rotatable bonds is 6. The minimum Gasteiger partial charge on any atom is -0.613 e. The standard InChI is InChI=1S/C18H31N5O2S/c1-7-21-8-10-22(11-9-21)23-13-15(25-20-23)19-16(26)18(5,6)12-14(24)17(2,3)4/h13H,7-12H2,1-6H3. The Morgan fingerprint density at radius 3 is 2.42 bits per heavy atom. The number of ketones is 1. The summed E-state index contributed by atoms with van der Waals surface area (Å²) in [4.78, 5) is 16.9. The lowest BCUT2D eigenvalue weighted by Gasteiger charge is -2.35. The van der Waals surface area contributed by atoms with Gasteiger partial charge in [-0.15, -0.1) is 12.2 Å². The number of carbonyl (C=O) groups excluding carboxylic acids is 1. The van der Waals surface area contributed by atoms with E-state index in [4.69, 9.17) is 16.7 Å². The Morgan fingerprint density at radius 2 is 1.88 bits per heavy atom. The number of hydrogen-bond donors (Lipinski definition) is 0. The molecule has 0 spiro atoms. The molecule has 0 radical (unpaired) electrons. The van der Waals surface area contributed by atoms with E-state index in [0.29, 0.717) is 17.3 Å². The molecule has 1 aliphatic rings. The Labute approximate surface area is 161 Å². The lowest BCUT2D eigenvalue weighted by molar-refractivity contribution is -0.759. The maximum absolute atomic E-state index is 12.3. The summed E-state index contributed by atoms with van der Waals surface area (Å²) in [6.45, 7) is 16.7. The van der Waals surface area contributed by atoms with Crippen LogP contribution in [0.4, 0.5) is 5.88 Å². The number of nitrogens with zero attached hydrogens (tertiary/aromatic N) is 5. The van der Waals surface area contributed by atoms with Crippen LogP contribution in [0.3, 0.4) is 0 Å². The predicted molar refractivity (Wildman–Crippen MR) is 105 cm³/mol. The maximum Gasteiger partial charge on any atom is 0.257 e. The van der Waals surface area contributed by atoms with E-state index < -0.39 is 5.41 Å². The Balaban J connectivity index is 1.95. The van der Waals surface area contributed by atoms with Crippen molar-refractivity contribution >= 4 is 28.9 Å². The molecular weight excluding hydrogens is 350 g/mol. The quantitative estimate of drug-likeness (QED) is 0.557. The first-order valence-electron chi connectivity index (χ1n) is 9.18. The SMILES string of the molecule is CCN1CCN([n+]2cc([N-]C(=S)C(C)(C)CC(=O)C(C)(C)C)on2)CC1. The molecule has 0 bridgehead atoms. The molecule has 1 fully saturated rings. The zero-order valence-electron chi connectivity index (χ0n) is 16.8. The molecule has 8 heteroatoms. The van der Waals surface area contributed by atoms with Crippen molar-refractivity contribution in [2.24, 2.45) is 10.8 Å². The molecule has 0 aliphatic carbocycles. The molecule has 0 unspecified atom stereocenters. The van der Waals surface area contributed by atoms with E-state index in [9.17, 15) is 4.79 Å². The number of hydrogen-bond acceptors (Lipinski definition) is 6. The number of likely N-dealkylation sites (N-methyl/N-ethyl adjacent to an activating group) is 1. The molecule has 0 amide bonds. The molecule has 1 saturated heterocycles. The third-order valence-electron chi connectivity index (χ3n) is 4.76. The van der Waals surface area contributed by atoms with Crippen molar-refractivity contribution < 1.29 is 14.1 Å². The van der Waals surface area contributed by atoms with Crippen LogP contribution >= 0.6 is 12.2 Å². The second-order valence-electron chi connectivity index (χ2n) is 8.50. The second-order valence-corrected chi connectivity index (χ2v) is 8.89.